The molecule has 0 aromatic heterocycles. The van der Waals surface area contributed by atoms with Crippen LogP contribution in [0.3, 0.4) is 0 Å². The van der Waals surface area contributed by atoms with Crippen molar-refractivity contribution >= 4 is 9.68 Å². The largest absolute Gasteiger partial charge is 0.330 e. The van der Waals surface area contributed by atoms with Crippen LogP contribution >= 0.6 is 0 Å². The Hall–Kier alpha value is 0.137. The zero-order valence-corrected chi connectivity index (χ0v) is 9.84. The monoisotopic (exact) mass is 174 g/mol. The molecule has 0 saturated carbocycles. The fourth-order valence-corrected chi connectivity index (χ4v) is 3.00. The fraction of sp³-hybridized carbons (Fsp3) is 1.00. The first-order valence-corrected chi connectivity index (χ1v) is 6.21. The first kappa shape index (κ1) is 11.1. The third-order valence-corrected chi connectivity index (χ3v) is 4.13. The molecule has 0 aliphatic rings. The second kappa shape index (κ2) is 6.82. The van der Waals surface area contributed by atoms with Gasteiger partial charge in [0, 0.05) is 0 Å². The first-order valence-electron chi connectivity index (χ1n) is 4.57. The van der Waals surface area contributed by atoms with Crippen molar-refractivity contribution in [3.05, 3.63) is 0 Å². The molecule has 0 aliphatic heterocycles. The molecule has 0 bridgehead atoms. The van der Waals surface area contributed by atoms with Gasteiger partial charge in [0.2, 0.25) is 0 Å². The van der Waals surface area contributed by atoms with Crippen LogP contribution in [0.25, 0.3) is 0 Å². The molecule has 0 N–H and O–H groups in total. The van der Waals surface area contributed by atoms with Crippen molar-refractivity contribution in [1.82, 2.24) is 9.47 Å². The van der Waals surface area contributed by atoms with E-state index in [4.69, 9.17) is 0 Å². The average Bonchev–Trinajstić information content (AvgIpc) is 1.98. The molecule has 0 aliphatic carbocycles. The Labute approximate surface area is 73.5 Å². The van der Waals surface area contributed by atoms with E-state index in [1.54, 1.807) is 0 Å². The Balaban J connectivity index is 3.21. The van der Waals surface area contributed by atoms with Gasteiger partial charge in [-0.2, -0.15) is 0 Å². The van der Waals surface area contributed by atoms with Gasteiger partial charge in [-0.3, -0.25) is 0 Å². The number of hydrogen-bond acceptors (Lipinski definition) is 2. The maximum atomic E-state index is 2.60. The average molecular weight is 174 g/mol. The number of nitrogens with zero attached hydrogens (tertiary/aromatic N) is 2. The molecule has 0 heterocycles. The molecule has 2 nitrogen and oxygen atoms in total. The summed E-state index contributed by atoms with van der Waals surface area (Å²) in [5.41, 5.74) is 0. The minimum absolute atomic E-state index is 0.0741. The van der Waals surface area contributed by atoms with Crippen LogP contribution in [0.4, 0.5) is 0 Å². The van der Waals surface area contributed by atoms with Gasteiger partial charge in [-0.15, -0.1) is 0 Å². The smallest absolute Gasteiger partial charge is 0.0962 e. The molecule has 0 spiro atoms. The van der Waals surface area contributed by atoms with Gasteiger partial charge in [0.05, 0.1) is 9.68 Å². The molecule has 68 valence electrons. The highest BCUT2D eigenvalue weighted by Crippen LogP contribution is 1.89. The highest BCUT2D eigenvalue weighted by atomic mass is 28.2. The lowest BCUT2D eigenvalue weighted by Gasteiger charge is -2.18. The third kappa shape index (κ3) is 6.53. The summed E-state index contributed by atoms with van der Waals surface area (Å²) in [5.74, 6) is 0. The Kier molecular flexibility index (Phi) is 6.91. The molecule has 0 fully saturated rings. The molecule has 0 rings (SSSR count). The quantitative estimate of drug-likeness (QED) is 0.538. The van der Waals surface area contributed by atoms with Crippen molar-refractivity contribution in [1.29, 1.82) is 0 Å². The van der Waals surface area contributed by atoms with Crippen molar-refractivity contribution in [3.8, 4) is 0 Å². The minimum Gasteiger partial charge on any atom is -0.330 e. The van der Waals surface area contributed by atoms with Crippen molar-refractivity contribution in [2.24, 2.45) is 0 Å². The predicted octanol–water partition coefficient (Wildman–Crippen LogP) is 0.392. The third-order valence-electron chi connectivity index (χ3n) is 1.97. The summed E-state index contributed by atoms with van der Waals surface area (Å²) in [4.78, 5) is 2.27. The Morgan fingerprint density at radius 3 is 2.00 bits per heavy atom. The normalized spacial score (nSPS) is 12.5. The first-order chi connectivity index (χ1) is 5.20. The highest BCUT2D eigenvalue weighted by molar-refractivity contribution is 6.31. The van der Waals surface area contributed by atoms with E-state index in [9.17, 15) is 0 Å². The van der Waals surface area contributed by atoms with Crippen LogP contribution in [0.2, 0.25) is 6.04 Å². The van der Waals surface area contributed by atoms with E-state index in [2.05, 4.69) is 37.4 Å². The Bertz CT molecular complexity index is 82.2. The maximum absolute atomic E-state index is 2.60. The van der Waals surface area contributed by atoms with Gasteiger partial charge in [0.15, 0.2) is 0 Å². The SMILES string of the molecule is CCN(CC)[SiH2]CCN(C)C. The highest BCUT2D eigenvalue weighted by Gasteiger charge is 1.98. The zero-order chi connectivity index (χ0) is 8.69. The van der Waals surface area contributed by atoms with Gasteiger partial charge in [0.1, 0.15) is 0 Å². The summed E-state index contributed by atoms with van der Waals surface area (Å²) in [6.45, 7) is 8.27. The van der Waals surface area contributed by atoms with E-state index < -0.39 is 0 Å². The topological polar surface area (TPSA) is 6.48 Å². The van der Waals surface area contributed by atoms with Gasteiger partial charge in [-0.25, -0.2) is 0 Å². The molecule has 0 amide bonds. The molecule has 0 aromatic rings. The summed E-state index contributed by atoms with van der Waals surface area (Å²) in [5, 5.41) is 0. The lowest BCUT2D eigenvalue weighted by atomic mass is 10.7. The molecule has 0 aromatic carbocycles. The van der Waals surface area contributed by atoms with Crippen LogP contribution in [-0.4, -0.2) is 52.9 Å². The molecule has 0 unspecified atom stereocenters. The van der Waals surface area contributed by atoms with E-state index in [0.29, 0.717) is 0 Å². The van der Waals surface area contributed by atoms with Gasteiger partial charge in [0.25, 0.3) is 0 Å². The summed E-state index contributed by atoms with van der Waals surface area (Å²) in [6.07, 6.45) is 0. The van der Waals surface area contributed by atoms with E-state index in [1.807, 2.05) is 0 Å². The van der Waals surface area contributed by atoms with Crippen molar-refractivity contribution < 1.29 is 0 Å². The van der Waals surface area contributed by atoms with Crippen molar-refractivity contribution in [2.75, 3.05) is 33.7 Å². The summed E-state index contributed by atoms with van der Waals surface area (Å²) in [6, 6.07) is 1.43. The van der Waals surface area contributed by atoms with Crippen LogP contribution in [-0.2, 0) is 0 Å². The summed E-state index contributed by atoms with van der Waals surface area (Å²) < 4.78 is 2.60. The van der Waals surface area contributed by atoms with Gasteiger partial charge < -0.3 is 9.47 Å². The van der Waals surface area contributed by atoms with E-state index in [0.717, 1.165) is 0 Å². The van der Waals surface area contributed by atoms with E-state index >= 15 is 0 Å². The van der Waals surface area contributed by atoms with Gasteiger partial charge in [-0.1, -0.05) is 13.8 Å². The van der Waals surface area contributed by atoms with Gasteiger partial charge >= 0.3 is 0 Å². The molecular formula is C8H22N2Si. The van der Waals surface area contributed by atoms with E-state index in [-0.39, 0.29) is 9.68 Å². The second-order valence-electron chi connectivity index (χ2n) is 3.18. The van der Waals surface area contributed by atoms with Crippen LogP contribution in [0.5, 0.6) is 0 Å². The van der Waals surface area contributed by atoms with Crippen molar-refractivity contribution in [3.63, 3.8) is 0 Å². The maximum Gasteiger partial charge on any atom is 0.0962 e. The standard InChI is InChI=1S/C8H22N2Si/c1-5-10(6-2)11-8-7-9(3)4/h5-8,11H2,1-4H3. The van der Waals surface area contributed by atoms with Crippen LogP contribution in [0, 0.1) is 0 Å². The summed E-state index contributed by atoms with van der Waals surface area (Å²) in [7, 11) is 4.37. The number of rotatable bonds is 6. The second-order valence-corrected chi connectivity index (χ2v) is 5.23. The fourth-order valence-electron chi connectivity index (χ4n) is 1.15. The molecule has 3 heteroatoms. The van der Waals surface area contributed by atoms with Crippen LogP contribution in [0.1, 0.15) is 13.8 Å². The van der Waals surface area contributed by atoms with E-state index in [1.165, 1.54) is 25.7 Å². The van der Waals surface area contributed by atoms with Crippen LogP contribution in [0.15, 0.2) is 0 Å². The zero-order valence-electron chi connectivity index (χ0n) is 8.43. The predicted molar refractivity (Wildman–Crippen MR) is 54.8 cm³/mol. The lowest BCUT2D eigenvalue weighted by Crippen LogP contribution is -2.29. The van der Waals surface area contributed by atoms with Crippen molar-refractivity contribution in [2.45, 2.75) is 19.9 Å². The summed E-state index contributed by atoms with van der Waals surface area (Å²) >= 11 is 0. The molecule has 0 radical (unpaired) electrons. The Morgan fingerprint density at radius 1 is 1.09 bits per heavy atom. The van der Waals surface area contributed by atoms with Gasteiger partial charge in [-0.05, 0) is 39.8 Å². The molecular weight excluding hydrogens is 152 g/mol. The molecule has 0 saturated heterocycles. The Morgan fingerprint density at radius 2 is 1.64 bits per heavy atom. The minimum atomic E-state index is 0.0741. The molecule has 11 heavy (non-hydrogen) atoms. The lowest BCUT2D eigenvalue weighted by molar-refractivity contribution is 0.423. The van der Waals surface area contributed by atoms with Crippen LogP contribution < -0.4 is 0 Å². The molecule has 0 atom stereocenters. The number of hydrogen-bond donors (Lipinski definition) is 0.